The summed E-state index contributed by atoms with van der Waals surface area (Å²) in [5.74, 6) is 0. The van der Waals surface area contributed by atoms with Gasteiger partial charge in [0.15, 0.2) is 0 Å². The maximum absolute atomic E-state index is 10.4. The number of aromatic nitrogens is 2. The summed E-state index contributed by atoms with van der Waals surface area (Å²) in [4.78, 5) is 4.40. The molecule has 0 saturated heterocycles. The molecule has 0 fully saturated rings. The van der Waals surface area contributed by atoms with Gasteiger partial charge in [0.25, 0.3) is 0 Å². The van der Waals surface area contributed by atoms with Gasteiger partial charge in [0.05, 0.1) is 6.10 Å². The molecule has 0 aliphatic heterocycles. The zero-order valence-electron chi connectivity index (χ0n) is 13.1. The summed E-state index contributed by atoms with van der Waals surface area (Å²) < 4.78 is 2.37. The standard InChI is InChI=1S/C18H24N2O/c1-13-10-15-16(11-18(2,3)12-17(15)21)20(13)9-7-14-6-4-5-8-19-14/h4-6,8,10,17,21H,7,9,11-12H2,1-3H3. The molecule has 2 aromatic heterocycles. The Morgan fingerprint density at radius 2 is 2.19 bits per heavy atom. The second kappa shape index (κ2) is 5.30. The van der Waals surface area contributed by atoms with Crippen LogP contribution in [-0.2, 0) is 19.4 Å². The SMILES string of the molecule is Cc1cc2c(n1CCc1ccccn1)CC(C)(C)CC2O. The van der Waals surface area contributed by atoms with Gasteiger partial charge in [0, 0.05) is 41.8 Å². The highest BCUT2D eigenvalue weighted by Crippen LogP contribution is 2.41. The summed E-state index contributed by atoms with van der Waals surface area (Å²) in [7, 11) is 0. The van der Waals surface area contributed by atoms with Crippen LogP contribution >= 0.6 is 0 Å². The lowest BCUT2D eigenvalue weighted by Gasteiger charge is -2.34. The Hall–Kier alpha value is -1.61. The van der Waals surface area contributed by atoms with E-state index < -0.39 is 0 Å². The Balaban J connectivity index is 1.86. The molecule has 0 bridgehead atoms. The van der Waals surface area contributed by atoms with Crippen LogP contribution in [0.15, 0.2) is 30.5 Å². The van der Waals surface area contributed by atoms with E-state index in [4.69, 9.17) is 0 Å². The molecule has 1 N–H and O–H groups in total. The van der Waals surface area contributed by atoms with Crippen LogP contribution in [0.25, 0.3) is 0 Å². The van der Waals surface area contributed by atoms with Gasteiger partial charge in [-0.25, -0.2) is 0 Å². The summed E-state index contributed by atoms with van der Waals surface area (Å²) in [5.41, 5.74) is 4.97. The first-order valence-corrected chi connectivity index (χ1v) is 7.73. The van der Waals surface area contributed by atoms with E-state index in [2.05, 4.69) is 42.5 Å². The quantitative estimate of drug-likeness (QED) is 0.937. The number of rotatable bonds is 3. The van der Waals surface area contributed by atoms with E-state index in [1.807, 2.05) is 18.3 Å². The highest BCUT2D eigenvalue weighted by molar-refractivity contribution is 5.33. The Morgan fingerprint density at radius 1 is 1.38 bits per heavy atom. The van der Waals surface area contributed by atoms with Crippen LogP contribution in [0.4, 0.5) is 0 Å². The molecule has 112 valence electrons. The first-order valence-electron chi connectivity index (χ1n) is 7.73. The number of aryl methyl sites for hydroxylation is 2. The van der Waals surface area contributed by atoms with Crippen LogP contribution in [-0.4, -0.2) is 14.7 Å². The molecule has 0 saturated carbocycles. The maximum atomic E-state index is 10.4. The zero-order chi connectivity index (χ0) is 15.0. The zero-order valence-corrected chi connectivity index (χ0v) is 13.1. The van der Waals surface area contributed by atoms with Crippen molar-refractivity contribution in [1.82, 2.24) is 9.55 Å². The average Bonchev–Trinajstić information content (AvgIpc) is 2.73. The fourth-order valence-corrected chi connectivity index (χ4v) is 3.48. The Morgan fingerprint density at radius 3 is 2.90 bits per heavy atom. The molecule has 3 nitrogen and oxygen atoms in total. The number of pyridine rings is 1. The number of fused-ring (bicyclic) bond motifs is 1. The van der Waals surface area contributed by atoms with Crippen molar-refractivity contribution >= 4 is 0 Å². The molecule has 1 atom stereocenters. The van der Waals surface area contributed by atoms with Crippen LogP contribution in [0.3, 0.4) is 0 Å². The molecule has 21 heavy (non-hydrogen) atoms. The lowest BCUT2D eigenvalue weighted by molar-refractivity contribution is 0.0979. The molecule has 0 radical (unpaired) electrons. The monoisotopic (exact) mass is 284 g/mol. The van der Waals surface area contributed by atoms with Gasteiger partial charge in [-0.05, 0) is 43.4 Å². The van der Waals surface area contributed by atoms with E-state index in [-0.39, 0.29) is 11.5 Å². The van der Waals surface area contributed by atoms with Gasteiger partial charge in [0.1, 0.15) is 0 Å². The highest BCUT2D eigenvalue weighted by atomic mass is 16.3. The van der Waals surface area contributed by atoms with Crippen molar-refractivity contribution in [1.29, 1.82) is 0 Å². The van der Waals surface area contributed by atoms with Crippen LogP contribution in [0.5, 0.6) is 0 Å². The van der Waals surface area contributed by atoms with Gasteiger partial charge in [-0.3, -0.25) is 4.98 Å². The molecule has 0 aromatic carbocycles. The van der Waals surface area contributed by atoms with Crippen molar-refractivity contribution < 1.29 is 5.11 Å². The highest BCUT2D eigenvalue weighted by Gasteiger charge is 2.33. The molecule has 1 aliphatic rings. The molecule has 1 unspecified atom stereocenters. The smallest absolute Gasteiger partial charge is 0.0812 e. The summed E-state index contributed by atoms with van der Waals surface area (Å²) in [6.07, 6.45) is 4.34. The van der Waals surface area contributed by atoms with E-state index in [1.54, 1.807) is 0 Å². The fraction of sp³-hybridized carbons (Fsp3) is 0.500. The maximum Gasteiger partial charge on any atom is 0.0812 e. The molecular weight excluding hydrogens is 260 g/mol. The van der Waals surface area contributed by atoms with Gasteiger partial charge in [-0.1, -0.05) is 19.9 Å². The number of hydrogen-bond acceptors (Lipinski definition) is 2. The summed E-state index contributed by atoms with van der Waals surface area (Å²) in [6.45, 7) is 7.55. The topological polar surface area (TPSA) is 38.0 Å². The van der Waals surface area contributed by atoms with Crippen molar-refractivity contribution in [3.63, 3.8) is 0 Å². The lowest BCUT2D eigenvalue weighted by atomic mass is 9.75. The van der Waals surface area contributed by atoms with Crippen molar-refractivity contribution in [2.75, 3.05) is 0 Å². The van der Waals surface area contributed by atoms with Gasteiger partial charge >= 0.3 is 0 Å². The number of nitrogens with zero attached hydrogens (tertiary/aromatic N) is 2. The third-order valence-electron chi connectivity index (χ3n) is 4.52. The van der Waals surface area contributed by atoms with Gasteiger partial charge in [-0.2, -0.15) is 0 Å². The minimum absolute atomic E-state index is 0.167. The predicted molar refractivity (Wildman–Crippen MR) is 84.2 cm³/mol. The molecule has 1 aliphatic carbocycles. The number of aliphatic hydroxyl groups is 1. The van der Waals surface area contributed by atoms with Gasteiger partial charge in [0.2, 0.25) is 0 Å². The van der Waals surface area contributed by atoms with E-state index in [0.29, 0.717) is 0 Å². The molecule has 3 heteroatoms. The van der Waals surface area contributed by atoms with Crippen molar-refractivity contribution in [2.24, 2.45) is 5.41 Å². The minimum atomic E-state index is -0.321. The molecular formula is C18H24N2O. The Bertz CT molecular complexity index is 628. The molecule has 0 amide bonds. The first-order chi connectivity index (χ1) is 9.96. The van der Waals surface area contributed by atoms with Crippen molar-refractivity contribution in [2.45, 2.75) is 52.7 Å². The third kappa shape index (κ3) is 2.88. The van der Waals surface area contributed by atoms with Crippen LogP contribution in [0.2, 0.25) is 0 Å². The molecule has 2 aromatic rings. The van der Waals surface area contributed by atoms with Crippen molar-refractivity contribution in [3.8, 4) is 0 Å². The van der Waals surface area contributed by atoms with E-state index in [0.717, 1.165) is 37.1 Å². The second-order valence-electron chi connectivity index (χ2n) is 6.97. The second-order valence-corrected chi connectivity index (χ2v) is 6.97. The number of aliphatic hydroxyl groups excluding tert-OH is 1. The third-order valence-corrected chi connectivity index (χ3v) is 4.52. The van der Waals surface area contributed by atoms with Crippen LogP contribution < -0.4 is 0 Å². The Labute approximate surface area is 126 Å². The minimum Gasteiger partial charge on any atom is -0.388 e. The van der Waals surface area contributed by atoms with E-state index >= 15 is 0 Å². The lowest BCUT2D eigenvalue weighted by Crippen LogP contribution is -2.27. The average molecular weight is 284 g/mol. The molecule has 3 rings (SSSR count). The largest absolute Gasteiger partial charge is 0.388 e. The van der Waals surface area contributed by atoms with E-state index in [9.17, 15) is 5.11 Å². The van der Waals surface area contributed by atoms with Crippen molar-refractivity contribution in [3.05, 3.63) is 53.1 Å². The Kier molecular flexibility index (Phi) is 3.62. The van der Waals surface area contributed by atoms with E-state index in [1.165, 1.54) is 11.4 Å². The van der Waals surface area contributed by atoms with Crippen LogP contribution in [0.1, 0.15) is 49.0 Å². The summed E-state index contributed by atoms with van der Waals surface area (Å²) in [6, 6.07) is 8.22. The summed E-state index contributed by atoms with van der Waals surface area (Å²) >= 11 is 0. The predicted octanol–water partition coefficient (Wildman–Crippen LogP) is 3.44. The van der Waals surface area contributed by atoms with Gasteiger partial charge < -0.3 is 9.67 Å². The van der Waals surface area contributed by atoms with Crippen LogP contribution in [0, 0.1) is 12.3 Å². The summed E-state index contributed by atoms with van der Waals surface area (Å²) in [5, 5.41) is 10.4. The molecule has 0 spiro atoms. The molecule has 2 heterocycles. The normalized spacial score (nSPS) is 20.3. The van der Waals surface area contributed by atoms with Gasteiger partial charge in [-0.15, -0.1) is 0 Å². The number of hydrogen-bond donors (Lipinski definition) is 1. The fourth-order valence-electron chi connectivity index (χ4n) is 3.48. The first kappa shape index (κ1) is 14.3.